The van der Waals surface area contributed by atoms with Crippen LogP contribution in [0.2, 0.25) is 0 Å². The summed E-state index contributed by atoms with van der Waals surface area (Å²) in [5, 5.41) is 4.03. The van der Waals surface area contributed by atoms with Crippen LogP contribution >= 0.6 is 15.9 Å². The molecule has 5 nitrogen and oxygen atoms in total. The number of aromatic nitrogens is 3. The lowest BCUT2D eigenvalue weighted by Crippen LogP contribution is -2.38. The molecule has 1 saturated carbocycles. The Morgan fingerprint density at radius 1 is 1.17 bits per heavy atom. The van der Waals surface area contributed by atoms with Crippen molar-refractivity contribution in [1.82, 2.24) is 19.5 Å². The highest BCUT2D eigenvalue weighted by Gasteiger charge is 2.37. The van der Waals surface area contributed by atoms with Gasteiger partial charge in [-0.05, 0) is 34.8 Å². The molecule has 3 aromatic rings. The average Bonchev–Trinajstić information content (AvgIpc) is 3.09. The number of carbonyl (C=O) groups is 1. The van der Waals surface area contributed by atoms with Crippen LogP contribution < -0.4 is 0 Å². The third-order valence-electron chi connectivity index (χ3n) is 5.54. The normalized spacial score (nSPS) is 15.5. The SMILES string of the molecule is CN(C(=O)c1nn2c(C(F)(F)F)cc(-c3ccccc3)nc2c1Br)C1CCCCC1. The van der Waals surface area contributed by atoms with E-state index in [4.69, 9.17) is 0 Å². The van der Waals surface area contributed by atoms with Crippen molar-refractivity contribution in [1.29, 1.82) is 0 Å². The van der Waals surface area contributed by atoms with E-state index in [1.165, 1.54) is 0 Å². The van der Waals surface area contributed by atoms with Gasteiger partial charge in [0, 0.05) is 18.7 Å². The van der Waals surface area contributed by atoms with E-state index in [9.17, 15) is 18.0 Å². The van der Waals surface area contributed by atoms with Crippen molar-refractivity contribution in [2.24, 2.45) is 0 Å². The molecule has 0 radical (unpaired) electrons. The molecule has 9 heteroatoms. The Balaban J connectivity index is 1.83. The number of halogens is 4. The highest BCUT2D eigenvalue weighted by atomic mass is 79.9. The summed E-state index contributed by atoms with van der Waals surface area (Å²) in [4.78, 5) is 19.0. The highest BCUT2D eigenvalue weighted by Crippen LogP contribution is 2.35. The van der Waals surface area contributed by atoms with Gasteiger partial charge in [0.15, 0.2) is 17.0 Å². The molecule has 1 aliphatic rings. The van der Waals surface area contributed by atoms with E-state index < -0.39 is 17.8 Å². The molecule has 1 aromatic carbocycles. The summed E-state index contributed by atoms with van der Waals surface area (Å²) < 4.78 is 42.3. The molecule has 1 aliphatic carbocycles. The molecule has 1 amide bonds. The van der Waals surface area contributed by atoms with Crippen LogP contribution in [0, 0.1) is 0 Å². The standard InChI is InChI=1S/C21H20BrF3N4O/c1-28(14-10-6-3-7-11-14)20(30)18-17(22)19-26-15(13-8-4-2-5-9-13)12-16(21(23,24)25)29(19)27-18/h2,4-5,8-9,12,14H,3,6-7,10-11H2,1H3. The summed E-state index contributed by atoms with van der Waals surface area (Å²) in [5.41, 5.74) is -0.372. The predicted octanol–water partition coefficient (Wildman–Crippen LogP) is 5.58. The number of fused-ring (bicyclic) bond motifs is 1. The van der Waals surface area contributed by atoms with Crippen LogP contribution in [0.1, 0.15) is 48.3 Å². The van der Waals surface area contributed by atoms with Crippen LogP contribution in [-0.2, 0) is 6.18 Å². The molecule has 2 heterocycles. The van der Waals surface area contributed by atoms with Gasteiger partial charge in [0.05, 0.1) is 10.2 Å². The van der Waals surface area contributed by atoms with Gasteiger partial charge in [0.2, 0.25) is 0 Å². The molecule has 0 saturated heterocycles. The highest BCUT2D eigenvalue weighted by molar-refractivity contribution is 9.10. The molecule has 0 unspecified atom stereocenters. The molecule has 30 heavy (non-hydrogen) atoms. The first-order valence-electron chi connectivity index (χ1n) is 9.76. The van der Waals surface area contributed by atoms with E-state index in [1.54, 1.807) is 42.3 Å². The van der Waals surface area contributed by atoms with E-state index in [-0.39, 0.29) is 27.5 Å². The zero-order valence-electron chi connectivity index (χ0n) is 16.3. The number of rotatable bonds is 3. The van der Waals surface area contributed by atoms with E-state index in [1.807, 2.05) is 0 Å². The lowest BCUT2D eigenvalue weighted by Gasteiger charge is -2.30. The van der Waals surface area contributed by atoms with Gasteiger partial charge in [-0.3, -0.25) is 4.79 Å². The Bertz CT molecular complexity index is 1080. The summed E-state index contributed by atoms with van der Waals surface area (Å²) in [6, 6.07) is 9.64. The Hall–Kier alpha value is -2.42. The second-order valence-corrected chi connectivity index (χ2v) is 8.29. The number of benzene rings is 1. The zero-order valence-corrected chi connectivity index (χ0v) is 17.9. The number of nitrogens with zero attached hydrogens (tertiary/aromatic N) is 4. The molecule has 1 fully saturated rings. The molecule has 0 N–H and O–H groups in total. The van der Waals surface area contributed by atoms with E-state index in [2.05, 4.69) is 26.0 Å². The summed E-state index contributed by atoms with van der Waals surface area (Å²) in [7, 11) is 1.68. The maximum absolute atomic E-state index is 13.8. The van der Waals surface area contributed by atoms with Crippen LogP contribution in [0.25, 0.3) is 16.9 Å². The number of carbonyl (C=O) groups excluding carboxylic acids is 1. The summed E-state index contributed by atoms with van der Waals surface area (Å²) in [6.45, 7) is 0. The van der Waals surface area contributed by atoms with Crippen molar-refractivity contribution >= 4 is 27.5 Å². The van der Waals surface area contributed by atoms with Crippen LogP contribution in [0.15, 0.2) is 40.9 Å². The molecular formula is C21H20BrF3N4O. The molecule has 0 bridgehead atoms. The van der Waals surface area contributed by atoms with Crippen LogP contribution in [0.3, 0.4) is 0 Å². The first-order chi connectivity index (χ1) is 14.3. The van der Waals surface area contributed by atoms with Gasteiger partial charge in [0.1, 0.15) is 0 Å². The van der Waals surface area contributed by atoms with E-state index in [0.29, 0.717) is 10.1 Å². The second kappa shape index (κ2) is 8.02. The van der Waals surface area contributed by atoms with Crippen molar-refractivity contribution in [3.05, 3.63) is 52.3 Å². The summed E-state index contributed by atoms with van der Waals surface area (Å²) >= 11 is 3.29. The van der Waals surface area contributed by atoms with Gasteiger partial charge < -0.3 is 4.90 Å². The van der Waals surface area contributed by atoms with Gasteiger partial charge in [-0.1, -0.05) is 49.6 Å². The van der Waals surface area contributed by atoms with Crippen LogP contribution in [0.5, 0.6) is 0 Å². The predicted molar refractivity (Wildman–Crippen MR) is 110 cm³/mol. The maximum Gasteiger partial charge on any atom is 0.433 e. The molecule has 0 spiro atoms. The monoisotopic (exact) mass is 480 g/mol. The smallest absolute Gasteiger partial charge is 0.337 e. The van der Waals surface area contributed by atoms with Gasteiger partial charge in [-0.25, -0.2) is 9.50 Å². The Morgan fingerprint density at radius 2 is 1.83 bits per heavy atom. The maximum atomic E-state index is 13.8. The lowest BCUT2D eigenvalue weighted by atomic mass is 9.94. The molecule has 4 rings (SSSR count). The molecule has 158 valence electrons. The minimum atomic E-state index is -4.66. The zero-order chi connectivity index (χ0) is 21.5. The fraction of sp³-hybridized carbons (Fsp3) is 0.381. The minimum absolute atomic E-state index is 0.0379. The van der Waals surface area contributed by atoms with E-state index >= 15 is 0 Å². The van der Waals surface area contributed by atoms with Crippen LogP contribution in [0.4, 0.5) is 13.2 Å². The quantitative estimate of drug-likeness (QED) is 0.491. The van der Waals surface area contributed by atoms with Crippen molar-refractivity contribution in [3.63, 3.8) is 0 Å². The largest absolute Gasteiger partial charge is 0.433 e. The first kappa shape index (κ1) is 20.8. The number of alkyl halides is 3. The molecule has 0 atom stereocenters. The summed E-state index contributed by atoms with van der Waals surface area (Å²) in [5.74, 6) is -0.409. The van der Waals surface area contributed by atoms with Gasteiger partial charge in [-0.15, -0.1) is 0 Å². The molecule has 0 aliphatic heterocycles. The van der Waals surface area contributed by atoms with Crippen molar-refractivity contribution in [3.8, 4) is 11.3 Å². The number of hydrogen-bond donors (Lipinski definition) is 0. The van der Waals surface area contributed by atoms with Gasteiger partial charge in [0.25, 0.3) is 5.91 Å². The second-order valence-electron chi connectivity index (χ2n) is 7.50. The Kier molecular flexibility index (Phi) is 5.57. The van der Waals surface area contributed by atoms with Gasteiger partial charge >= 0.3 is 6.18 Å². The van der Waals surface area contributed by atoms with Crippen LogP contribution in [-0.4, -0.2) is 38.5 Å². The average molecular weight is 481 g/mol. The number of hydrogen-bond acceptors (Lipinski definition) is 3. The minimum Gasteiger partial charge on any atom is -0.337 e. The third kappa shape index (κ3) is 3.82. The van der Waals surface area contributed by atoms with E-state index in [0.717, 1.165) is 38.2 Å². The topological polar surface area (TPSA) is 50.5 Å². The fourth-order valence-electron chi connectivity index (χ4n) is 3.89. The Morgan fingerprint density at radius 3 is 2.47 bits per heavy atom. The number of amides is 1. The first-order valence-corrected chi connectivity index (χ1v) is 10.6. The van der Waals surface area contributed by atoms with Crippen molar-refractivity contribution in [2.45, 2.75) is 44.3 Å². The fourth-order valence-corrected chi connectivity index (χ4v) is 4.39. The van der Waals surface area contributed by atoms with Gasteiger partial charge in [-0.2, -0.15) is 18.3 Å². The molecule has 2 aromatic heterocycles. The van der Waals surface area contributed by atoms with Crippen molar-refractivity contribution < 1.29 is 18.0 Å². The lowest BCUT2D eigenvalue weighted by molar-refractivity contribution is -0.142. The summed E-state index contributed by atoms with van der Waals surface area (Å²) in [6.07, 6.45) is 0.321. The Labute approximate surface area is 180 Å². The third-order valence-corrected chi connectivity index (χ3v) is 6.27. The molecular weight excluding hydrogens is 461 g/mol. The van der Waals surface area contributed by atoms with Crippen molar-refractivity contribution in [2.75, 3.05) is 7.05 Å².